The van der Waals surface area contributed by atoms with Crippen molar-refractivity contribution in [2.75, 3.05) is 19.0 Å². The molecule has 0 aliphatic carbocycles. The van der Waals surface area contributed by atoms with Crippen LogP contribution in [0, 0.1) is 0 Å². The molecule has 2 N–H and O–H groups in total. The standard InChI is InChI=1S/C23H28N2O5/c1-15(21(27)25-18-11-9-17(10-12-18)23(2,3)4)30-20(26)14-24-22(28)16-7-6-8-19(13-16)29-5/h6-13,15H,14H2,1-5H3,(H,24,28)(H,25,27). The maximum absolute atomic E-state index is 12.3. The van der Waals surface area contributed by atoms with E-state index in [1.807, 2.05) is 12.1 Å². The number of methoxy groups -OCH3 is 1. The highest BCUT2D eigenvalue weighted by atomic mass is 16.5. The minimum Gasteiger partial charge on any atom is -0.497 e. The van der Waals surface area contributed by atoms with Crippen LogP contribution in [-0.4, -0.2) is 37.5 Å². The molecule has 0 radical (unpaired) electrons. The minimum absolute atomic E-state index is 0.0146. The smallest absolute Gasteiger partial charge is 0.326 e. The third-order valence-corrected chi connectivity index (χ3v) is 4.42. The van der Waals surface area contributed by atoms with Gasteiger partial charge in [-0.3, -0.25) is 14.4 Å². The lowest BCUT2D eigenvalue weighted by Gasteiger charge is -2.19. The summed E-state index contributed by atoms with van der Waals surface area (Å²) in [7, 11) is 1.50. The van der Waals surface area contributed by atoms with Crippen LogP contribution < -0.4 is 15.4 Å². The summed E-state index contributed by atoms with van der Waals surface area (Å²) in [4.78, 5) is 36.4. The first-order valence-electron chi connectivity index (χ1n) is 9.63. The molecule has 1 atom stereocenters. The fraction of sp³-hybridized carbons (Fsp3) is 0.348. The van der Waals surface area contributed by atoms with Gasteiger partial charge in [-0.15, -0.1) is 0 Å². The molecule has 0 saturated carbocycles. The summed E-state index contributed by atoms with van der Waals surface area (Å²) in [5, 5.41) is 5.18. The van der Waals surface area contributed by atoms with E-state index in [-0.39, 0.29) is 12.0 Å². The molecule has 2 rings (SSSR count). The molecular weight excluding hydrogens is 384 g/mol. The van der Waals surface area contributed by atoms with E-state index < -0.39 is 23.9 Å². The number of anilines is 1. The average molecular weight is 412 g/mol. The van der Waals surface area contributed by atoms with Crippen molar-refractivity contribution >= 4 is 23.5 Å². The van der Waals surface area contributed by atoms with Gasteiger partial charge in [0.1, 0.15) is 12.3 Å². The number of hydrogen-bond acceptors (Lipinski definition) is 5. The Balaban J connectivity index is 1.83. The Labute approximate surface area is 176 Å². The molecule has 7 heteroatoms. The topological polar surface area (TPSA) is 93.7 Å². The molecule has 160 valence electrons. The first-order valence-corrected chi connectivity index (χ1v) is 9.63. The molecule has 0 bridgehead atoms. The van der Waals surface area contributed by atoms with Gasteiger partial charge in [-0.25, -0.2) is 0 Å². The largest absolute Gasteiger partial charge is 0.497 e. The number of esters is 1. The van der Waals surface area contributed by atoms with E-state index in [9.17, 15) is 14.4 Å². The Morgan fingerprint density at radius 1 is 1.03 bits per heavy atom. The van der Waals surface area contributed by atoms with Gasteiger partial charge in [0.15, 0.2) is 6.10 Å². The predicted octanol–water partition coefficient (Wildman–Crippen LogP) is 3.29. The first-order chi connectivity index (χ1) is 14.1. The van der Waals surface area contributed by atoms with Crippen molar-refractivity contribution in [2.24, 2.45) is 0 Å². The molecule has 0 aliphatic heterocycles. The maximum Gasteiger partial charge on any atom is 0.326 e. The van der Waals surface area contributed by atoms with Gasteiger partial charge in [-0.1, -0.05) is 39.0 Å². The monoisotopic (exact) mass is 412 g/mol. The van der Waals surface area contributed by atoms with Gasteiger partial charge in [-0.2, -0.15) is 0 Å². The molecule has 7 nitrogen and oxygen atoms in total. The van der Waals surface area contributed by atoms with Crippen LogP contribution in [0.1, 0.15) is 43.6 Å². The Morgan fingerprint density at radius 3 is 2.30 bits per heavy atom. The second kappa shape index (κ2) is 9.91. The van der Waals surface area contributed by atoms with E-state index >= 15 is 0 Å². The Hall–Kier alpha value is -3.35. The van der Waals surface area contributed by atoms with Crippen molar-refractivity contribution < 1.29 is 23.9 Å². The molecule has 2 aromatic rings. The Bertz CT molecular complexity index is 901. The van der Waals surface area contributed by atoms with Crippen molar-refractivity contribution in [2.45, 2.75) is 39.2 Å². The fourth-order valence-electron chi connectivity index (χ4n) is 2.61. The third-order valence-electron chi connectivity index (χ3n) is 4.42. The molecular formula is C23H28N2O5. The van der Waals surface area contributed by atoms with E-state index in [0.717, 1.165) is 5.56 Å². The van der Waals surface area contributed by atoms with Crippen LogP contribution in [0.3, 0.4) is 0 Å². The fourth-order valence-corrected chi connectivity index (χ4v) is 2.61. The van der Waals surface area contributed by atoms with Gasteiger partial charge in [0.25, 0.3) is 11.8 Å². The molecule has 0 fully saturated rings. The SMILES string of the molecule is COc1cccc(C(=O)NCC(=O)OC(C)C(=O)Nc2ccc(C(C)(C)C)cc2)c1. The summed E-state index contributed by atoms with van der Waals surface area (Å²) in [6.45, 7) is 7.44. The van der Waals surface area contributed by atoms with E-state index in [2.05, 4.69) is 31.4 Å². The number of carbonyl (C=O) groups is 3. The van der Waals surface area contributed by atoms with Crippen LogP contribution in [0.25, 0.3) is 0 Å². The molecule has 0 spiro atoms. The number of carbonyl (C=O) groups excluding carboxylic acids is 3. The van der Waals surface area contributed by atoms with Gasteiger partial charge in [0, 0.05) is 11.3 Å². The molecule has 2 aromatic carbocycles. The van der Waals surface area contributed by atoms with E-state index in [1.165, 1.54) is 14.0 Å². The van der Waals surface area contributed by atoms with E-state index in [0.29, 0.717) is 17.0 Å². The summed E-state index contributed by atoms with van der Waals surface area (Å²) in [6, 6.07) is 14.0. The highest BCUT2D eigenvalue weighted by Gasteiger charge is 2.19. The molecule has 0 aromatic heterocycles. The quantitative estimate of drug-likeness (QED) is 0.681. The number of amides is 2. The van der Waals surface area contributed by atoms with E-state index in [4.69, 9.17) is 9.47 Å². The molecule has 0 aliphatic rings. The lowest BCUT2D eigenvalue weighted by atomic mass is 9.87. The van der Waals surface area contributed by atoms with E-state index in [1.54, 1.807) is 36.4 Å². The molecule has 30 heavy (non-hydrogen) atoms. The minimum atomic E-state index is -1.01. The average Bonchev–Trinajstić information content (AvgIpc) is 2.71. The second-order valence-corrected chi connectivity index (χ2v) is 7.86. The third kappa shape index (κ3) is 6.62. The summed E-state index contributed by atoms with van der Waals surface area (Å²) < 4.78 is 10.2. The maximum atomic E-state index is 12.3. The lowest BCUT2D eigenvalue weighted by Crippen LogP contribution is -2.35. The zero-order chi connectivity index (χ0) is 22.3. The van der Waals surface area contributed by atoms with Crippen LogP contribution >= 0.6 is 0 Å². The van der Waals surface area contributed by atoms with Crippen molar-refractivity contribution in [3.05, 3.63) is 59.7 Å². The lowest BCUT2D eigenvalue weighted by molar-refractivity contribution is -0.152. The number of benzene rings is 2. The number of hydrogen-bond donors (Lipinski definition) is 2. The highest BCUT2D eigenvalue weighted by Crippen LogP contribution is 2.23. The van der Waals surface area contributed by atoms with Crippen LogP contribution in [0.2, 0.25) is 0 Å². The normalized spacial score (nSPS) is 11.9. The second-order valence-electron chi connectivity index (χ2n) is 7.86. The van der Waals surface area contributed by atoms with Gasteiger partial charge in [0.05, 0.1) is 7.11 Å². The van der Waals surface area contributed by atoms with Crippen molar-refractivity contribution in [1.82, 2.24) is 5.32 Å². The number of nitrogens with one attached hydrogen (secondary N) is 2. The van der Waals surface area contributed by atoms with Gasteiger partial charge in [0.2, 0.25) is 0 Å². The highest BCUT2D eigenvalue weighted by molar-refractivity contribution is 5.97. The Kier molecular flexibility index (Phi) is 7.58. The van der Waals surface area contributed by atoms with Crippen molar-refractivity contribution in [1.29, 1.82) is 0 Å². The van der Waals surface area contributed by atoms with Crippen LogP contribution in [0.5, 0.6) is 5.75 Å². The molecule has 0 heterocycles. The van der Waals surface area contributed by atoms with Crippen molar-refractivity contribution in [3.63, 3.8) is 0 Å². The Morgan fingerprint density at radius 2 is 1.70 bits per heavy atom. The summed E-state index contributed by atoms with van der Waals surface area (Å²) in [5.74, 6) is -1.07. The summed E-state index contributed by atoms with van der Waals surface area (Å²) >= 11 is 0. The molecule has 2 amide bonds. The zero-order valence-electron chi connectivity index (χ0n) is 17.9. The van der Waals surface area contributed by atoms with Gasteiger partial charge >= 0.3 is 5.97 Å². The van der Waals surface area contributed by atoms with Crippen LogP contribution in [0.4, 0.5) is 5.69 Å². The molecule has 1 unspecified atom stereocenters. The van der Waals surface area contributed by atoms with Gasteiger partial charge in [-0.05, 0) is 48.2 Å². The predicted molar refractivity (Wildman–Crippen MR) is 115 cm³/mol. The van der Waals surface area contributed by atoms with Gasteiger partial charge < -0.3 is 20.1 Å². The number of rotatable bonds is 7. The summed E-state index contributed by atoms with van der Waals surface area (Å²) in [5.41, 5.74) is 2.13. The first kappa shape index (κ1) is 22.9. The van der Waals surface area contributed by atoms with Crippen LogP contribution in [-0.2, 0) is 19.7 Å². The van der Waals surface area contributed by atoms with Crippen molar-refractivity contribution in [3.8, 4) is 5.75 Å². The summed E-state index contributed by atoms with van der Waals surface area (Å²) in [6.07, 6.45) is -1.01. The zero-order valence-corrected chi connectivity index (χ0v) is 17.9. The molecule has 0 saturated heterocycles. The van der Waals surface area contributed by atoms with Crippen LogP contribution in [0.15, 0.2) is 48.5 Å². The number of ether oxygens (including phenoxy) is 2.